The Morgan fingerprint density at radius 1 is 1.50 bits per heavy atom. The number of benzene rings is 1. The molecule has 0 radical (unpaired) electrons. The van der Waals surface area contributed by atoms with Crippen LogP contribution in [0.2, 0.25) is 0 Å². The number of nitrogens with zero attached hydrogens (tertiary/aromatic N) is 2. The number of halogens is 1. The molecule has 0 aliphatic carbocycles. The minimum absolute atomic E-state index is 0.225. The summed E-state index contributed by atoms with van der Waals surface area (Å²) in [7, 11) is 4.03. The first-order valence-electron chi connectivity index (χ1n) is 7.03. The highest BCUT2D eigenvalue weighted by atomic mass is 19.1. The Balaban J connectivity index is 2.33. The minimum Gasteiger partial charge on any atom is -0.391 e. The molecule has 112 valence electrons. The van der Waals surface area contributed by atoms with Crippen molar-refractivity contribution in [3.8, 4) is 0 Å². The molecule has 3 N–H and O–H groups in total. The third-order valence-electron chi connectivity index (χ3n) is 3.76. The Morgan fingerprint density at radius 2 is 2.20 bits per heavy atom. The minimum atomic E-state index is -0.342. The molecule has 2 unspecified atom stereocenters. The third kappa shape index (κ3) is 3.29. The molecule has 4 nitrogen and oxygen atoms in total. The fourth-order valence-electron chi connectivity index (χ4n) is 2.93. The lowest BCUT2D eigenvalue weighted by molar-refractivity contribution is 0.191. The molecule has 1 saturated heterocycles. The lowest BCUT2D eigenvalue weighted by Gasteiger charge is -2.31. The number of rotatable bonds is 4. The number of likely N-dealkylation sites (N-methyl/N-ethyl adjacent to an activating group) is 1. The molecule has 1 aliphatic heterocycles. The van der Waals surface area contributed by atoms with Gasteiger partial charge in [-0.3, -0.25) is 0 Å². The van der Waals surface area contributed by atoms with Crippen LogP contribution in [0.25, 0.3) is 0 Å². The first kappa shape index (κ1) is 15.2. The van der Waals surface area contributed by atoms with E-state index in [0.29, 0.717) is 6.54 Å². The maximum Gasteiger partial charge on any atom is 0.123 e. The summed E-state index contributed by atoms with van der Waals surface area (Å²) < 4.78 is 13.4. The standard InChI is InChI=1S/C15H24FN3O/c1-10(17)14-6-11(16)4-5-15(14)19-9-13(20)7-12(19)8-18(2)3/h4-6,10,12-13,20H,7-9,17H2,1-3H3/t10-,12?,13?/m1/s1. The Bertz CT molecular complexity index is 464. The number of β-amino-alcohol motifs (C(OH)–C–C–N with tert-alkyl or cyclic N) is 1. The van der Waals surface area contributed by atoms with Gasteiger partial charge in [0.1, 0.15) is 5.82 Å². The molecule has 3 atom stereocenters. The predicted octanol–water partition coefficient (Wildman–Crippen LogP) is 1.35. The number of aliphatic hydroxyl groups excluding tert-OH is 1. The number of hydrogen-bond donors (Lipinski definition) is 2. The topological polar surface area (TPSA) is 52.7 Å². The molecule has 0 saturated carbocycles. The summed E-state index contributed by atoms with van der Waals surface area (Å²) in [6.07, 6.45) is 0.388. The molecule has 1 aliphatic rings. The third-order valence-corrected chi connectivity index (χ3v) is 3.76. The summed E-state index contributed by atoms with van der Waals surface area (Å²) >= 11 is 0. The van der Waals surface area contributed by atoms with Gasteiger partial charge >= 0.3 is 0 Å². The van der Waals surface area contributed by atoms with E-state index in [1.165, 1.54) is 12.1 Å². The molecule has 0 aromatic heterocycles. The molecule has 1 aromatic rings. The Morgan fingerprint density at radius 3 is 2.80 bits per heavy atom. The van der Waals surface area contributed by atoms with Crippen molar-refractivity contribution in [1.82, 2.24) is 4.90 Å². The van der Waals surface area contributed by atoms with Gasteiger partial charge < -0.3 is 20.6 Å². The van der Waals surface area contributed by atoms with Gasteiger partial charge in [0.15, 0.2) is 0 Å². The van der Waals surface area contributed by atoms with Gasteiger partial charge in [-0.15, -0.1) is 0 Å². The predicted molar refractivity (Wildman–Crippen MR) is 79.3 cm³/mol. The number of aliphatic hydroxyl groups is 1. The largest absolute Gasteiger partial charge is 0.391 e. The van der Waals surface area contributed by atoms with Crippen molar-refractivity contribution in [3.63, 3.8) is 0 Å². The fourth-order valence-corrected chi connectivity index (χ4v) is 2.93. The van der Waals surface area contributed by atoms with E-state index in [2.05, 4.69) is 9.80 Å². The molecule has 5 heteroatoms. The van der Waals surface area contributed by atoms with E-state index in [9.17, 15) is 9.50 Å². The summed E-state index contributed by atoms with van der Waals surface area (Å²) in [5.41, 5.74) is 7.70. The van der Waals surface area contributed by atoms with Gasteiger partial charge in [0.25, 0.3) is 0 Å². The van der Waals surface area contributed by atoms with Gasteiger partial charge in [0.2, 0.25) is 0 Å². The lowest BCUT2D eigenvalue weighted by Crippen LogP contribution is -2.38. The van der Waals surface area contributed by atoms with Crippen molar-refractivity contribution in [1.29, 1.82) is 0 Å². The first-order valence-corrected chi connectivity index (χ1v) is 7.03. The maximum atomic E-state index is 13.4. The van der Waals surface area contributed by atoms with E-state index in [4.69, 9.17) is 5.73 Å². The second-order valence-corrected chi connectivity index (χ2v) is 5.95. The molecule has 1 fully saturated rings. The number of anilines is 1. The van der Waals surface area contributed by atoms with Gasteiger partial charge in [0, 0.05) is 30.9 Å². The van der Waals surface area contributed by atoms with Crippen LogP contribution in [0.15, 0.2) is 18.2 Å². The van der Waals surface area contributed by atoms with Crippen LogP contribution < -0.4 is 10.6 Å². The normalized spacial score (nSPS) is 24.4. The van der Waals surface area contributed by atoms with Gasteiger partial charge in [0.05, 0.1) is 6.10 Å². The summed E-state index contributed by atoms with van der Waals surface area (Å²) in [5, 5.41) is 9.96. The average Bonchev–Trinajstić information content (AvgIpc) is 2.69. The van der Waals surface area contributed by atoms with Crippen LogP contribution in [0.4, 0.5) is 10.1 Å². The number of hydrogen-bond acceptors (Lipinski definition) is 4. The Hall–Kier alpha value is -1.17. The highest BCUT2D eigenvalue weighted by molar-refractivity contribution is 5.57. The van der Waals surface area contributed by atoms with Crippen LogP contribution in [0, 0.1) is 5.82 Å². The number of nitrogens with two attached hydrogens (primary N) is 1. The monoisotopic (exact) mass is 281 g/mol. The van der Waals surface area contributed by atoms with E-state index < -0.39 is 0 Å². The van der Waals surface area contributed by atoms with Crippen molar-refractivity contribution in [2.24, 2.45) is 5.73 Å². The molecule has 1 heterocycles. The summed E-state index contributed by atoms with van der Waals surface area (Å²) in [6, 6.07) is 4.71. The molecule has 20 heavy (non-hydrogen) atoms. The molecule has 0 amide bonds. The van der Waals surface area contributed by atoms with Crippen LogP contribution in [0.3, 0.4) is 0 Å². The summed E-state index contributed by atoms with van der Waals surface area (Å²) in [6.45, 7) is 3.28. The van der Waals surface area contributed by atoms with E-state index in [-0.39, 0.29) is 24.0 Å². The highest BCUT2D eigenvalue weighted by Gasteiger charge is 2.32. The van der Waals surface area contributed by atoms with Crippen LogP contribution in [-0.2, 0) is 0 Å². The van der Waals surface area contributed by atoms with E-state index in [1.54, 1.807) is 6.07 Å². The molecular weight excluding hydrogens is 257 g/mol. The second kappa shape index (κ2) is 6.08. The first-order chi connectivity index (χ1) is 9.38. The van der Waals surface area contributed by atoms with E-state index >= 15 is 0 Å². The Kier molecular flexibility index (Phi) is 4.62. The van der Waals surface area contributed by atoms with Gasteiger partial charge in [-0.25, -0.2) is 4.39 Å². The molecular formula is C15H24FN3O. The molecule has 0 spiro atoms. The van der Waals surface area contributed by atoms with Crippen molar-refractivity contribution in [2.45, 2.75) is 31.5 Å². The second-order valence-electron chi connectivity index (χ2n) is 5.95. The lowest BCUT2D eigenvalue weighted by atomic mass is 10.0. The summed E-state index contributed by atoms with van der Waals surface area (Å²) in [4.78, 5) is 4.26. The van der Waals surface area contributed by atoms with E-state index in [0.717, 1.165) is 24.2 Å². The molecule has 1 aromatic carbocycles. The van der Waals surface area contributed by atoms with Crippen LogP contribution in [-0.4, -0.2) is 49.3 Å². The van der Waals surface area contributed by atoms with Gasteiger partial charge in [-0.2, -0.15) is 0 Å². The van der Waals surface area contributed by atoms with Crippen LogP contribution >= 0.6 is 0 Å². The van der Waals surface area contributed by atoms with Gasteiger partial charge in [-0.1, -0.05) is 0 Å². The zero-order valence-corrected chi connectivity index (χ0v) is 12.4. The molecule has 0 bridgehead atoms. The average molecular weight is 281 g/mol. The highest BCUT2D eigenvalue weighted by Crippen LogP contribution is 2.32. The quantitative estimate of drug-likeness (QED) is 0.874. The van der Waals surface area contributed by atoms with Crippen molar-refractivity contribution >= 4 is 5.69 Å². The van der Waals surface area contributed by atoms with Crippen LogP contribution in [0.5, 0.6) is 0 Å². The van der Waals surface area contributed by atoms with E-state index in [1.807, 2.05) is 21.0 Å². The fraction of sp³-hybridized carbons (Fsp3) is 0.600. The summed E-state index contributed by atoms with van der Waals surface area (Å²) in [5.74, 6) is -0.273. The zero-order valence-electron chi connectivity index (χ0n) is 12.4. The van der Waals surface area contributed by atoms with Crippen LogP contribution in [0.1, 0.15) is 24.9 Å². The maximum absolute atomic E-state index is 13.4. The molecule has 2 rings (SSSR count). The van der Waals surface area contributed by atoms with Gasteiger partial charge in [-0.05, 0) is 51.2 Å². The zero-order chi connectivity index (χ0) is 14.9. The van der Waals surface area contributed by atoms with Crippen molar-refractivity contribution < 1.29 is 9.50 Å². The SMILES string of the molecule is C[C@@H](N)c1cc(F)ccc1N1CC(O)CC1CN(C)C. The van der Waals surface area contributed by atoms with Crippen molar-refractivity contribution in [3.05, 3.63) is 29.6 Å². The smallest absolute Gasteiger partial charge is 0.123 e. The van der Waals surface area contributed by atoms with Crippen molar-refractivity contribution in [2.75, 3.05) is 32.1 Å². The Labute approximate surface area is 120 Å².